The SMILES string of the molecule is CCn1ncnc1CC(O)c1cnc(C)s1. The van der Waals surface area contributed by atoms with Crippen molar-refractivity contribution in [3.05, 3.63) is 28.2 Å². The zero-order valence-corrected chi connectivity index (χ0v) is 10.1. The highest BCUT2D eigenvalue weighted by Gasteiger charge is 2.14. The number of rotatable bonds is 4. The van der Waals surface area contributed by atoms with E-state index in [1.165, 1.54) is 17.7 Å². The van der Waals surface area contributed by atoms with Gasteiger partial charge < -0.3 is 5.11 Å². The van der Waals surface area contributed by atoms with Crippen LogP contribution in [-0.2, 0) is 13.0 Å². The predicted molar refractivity (Wildman–Crippen MR) is 61.2 cm³/mol. The van der Waals surface area contributed by atoms with Crippen molar-refractivity contribution in [2.24, 2.45) is 0 Å². The summed E-state index contributed by atoms with van der Waals surface area (Å²) in [5.41, 5.74) is 0. The van der Waals surface area contributed by atoms with E-state index in [0.717, 1.165) is 22.3 Å². The molecule has 0 aliphatic carbocycles. The quantitative estimate of drug-likeness (QED) is 0.873. The topological polar surface area (TPSA) is 63.8 Å². The van der Waals surface area contributed by atoms with Crippen LogP contribution >= 0.6 is 11.3 Å². The lowest BCUT2D eigenvalue weighted by atomic mass is 10.2. The van der Waals surface area contributed by atoms with Gasteiger partial charge in [-0.05, 0) is 13.8 Å². The Morgan fingerprint density at radius 3 is 2.94 bits per heavy atom. The highest BCUT2D eigenvalue weighted by molar-refractivity contribution is 7.11. The van der Waals surface area contributed by atoms with Gasteiger partial charge in [0.1, 0.15) is 12.2 Å². The molecule has 2 aromatic rings. The Morgan fingerprint density at radius 1 is 1.50 bits per heavy atom. The van der Waals surface area contributed by atoms with Gasteiger partial charge in [-0.3, -0.25) is 4.68 Å². The summed E-state index contributed by atoms with van der Waals surface area (Å²) in [5.74, 6) is 0.807. The molecule has 0 saturated carbocycles. The Morgan fingerprint density at radius 2 is 2.31 bits per heavy atom. The lowest BCUT2D eigenvalue weighted by Crippen LogP contribution is -2.08. The number of nitrogens with zero attached hydrogens (tertiary/aromatic N) is 4. The molecule has 0 spiro atoms. The Bertz CT molecular complexity index is 465. The van der Waals surface area contributed by atoms with E-state index in [2.05, 4.69) is 15.1 Å². The van der Waals surface area contributed by atoms with Gasteiger partial charge in [0.25, 0.3) is 0 Å². The second-order valence-electron chi connectivity index (χ2n) is 3.49. The molecular formula is C10H14N4OS. The maximum absolute atomic E-state index is 10.0. The molecule has 86 valence electrons. The summed E-state index contributed by atoms with van der Waals surface area (Å²) in [5, 5.41) is 15.0. The van der Waals surface area contributed by atoms with Gasteiger partial charge in [-0.1, -0.05) is 0 Å². The monoisotopic (exact) mass is 238 g/mol. The van der Waals surface area contributed by atoms with Crippen molar-refractivity contribution in [3.63, 3.8) is 0 Å². The minimum Gasteiger partial charge on any atom is -0.387 e. The fraction of sp³-hybridized carbons (Fsp3) is 0.500. The lowest BCUT2D eigenvalue weighted by Gasteiger charge is -2.07. The molecule has 0 fully saturated rings. The number of aryl methyl sites for hydroxylation is 2. The van der Waals surface area contributed by atoms with Crippen LogP contribution < -0.4 is 0 Å². The lowest BCUT2D eigenvalue weighted by molar-refractivity contribution is 0.177. The molecular weight excluding hydrogens is 224 g/mol. The van der Waals surface area contributed by atoms with Crippen molar-refractivity contribution in [2.45, 2.75) is 32.9 Å². The Hall–Kier alpha value is -1.27. The molecule has 0 saturated heterocycles. The van der Waals surface area contributed by atoms with Crippen LogP contribution in [0.3, 0.4) is 0 Å². The first-order chi connectivity index (χ1) is 7.70. The summed E-state index contributed by atoms with van der Waals surface area (Å²) in [6.45, 7) is 4.70. The maximum Gasteiger partial charge on any atom is 0.138 e. The van der Waals surface area contributed by atoms with Crippen LogP contribution in [0.1, 0.15) is 28.7 Å². The molecule has 16 heavy (non-hydrogen) atoms. The number of hydrogen-bond acceptors (Lipinski definition) is 5. The van der Waals surface area contributed by atoms with Crippen molar-refractivity contribution in [2.75, 3.05) is 0 Å². The number of aromatic nitrogens is 4. The summed E-state index contributed by atoms with van der Waals surface area (Å²) in [4.78, 5) is 9.14. The minimum atomic E-state index is -0.541. The molecule has 1 unspecified atom stereocenters. The average Bonchev–Trinajstić information content (AvgIpc) is 2.86. The molecule has 6 heteroatoms. The Balaban J connectivity index is 2.10. The molecule has 0 bridgehead atoms. The van der Waals surface area contributed by atoms with Crippen molar-refractivity contribution in [1.29, 1.82) is 0 Å². The summed E-state index contributed by atoms with van der Waals surface area (Å²) in [6.07, 6.45) is 3.18. The fourth-order valence-corrected chi connectivity index (χ4v) is 2.29. The Kier molecular flexibility index (Phi) is 3.31. The molecule has 1 atom stereocenters. The van der Waals surface area contributed by atoms with E-state index in [1.807, 2.05) is 13.8 Å². The average molecular weight is 238 g/mol. The van der Waals surface area contributed by atoms with Crippen LogP contribution in [0.25, 0.3) is 0 Å². The van der Waals surface area contributed by atoms with Crippen molar-refractivity contribution >= 4 is 11.3 Å². The second-order valence-corrected chi connectivity index (χ2v) is 4.76. The molecule has 2 aromatic heterocycles. The van der Waals surface area contributed by atoms with E-state index in [1.54, 1.807) is 10.9 Å². The van der Waals surface area contributed by atoms with E-state index in [0.29, 0.717) is 6.42 Å². The van der Waals surface area contributed by atoms with E-state index in [9.17, 15) is 5.11 Å². The van der Waals surface area contributed by atoms with Crippen LogP contribution in [0, 0.1) is 6.92 Å². The third-order valence-corrected chi connectivity index (χ3v) is 3.35. The second kappa shape index (κ2) is 4.71. The molecule has 0 aliphatic heterocycles. The van der Waals surface area contributed by atoms with Gasteiger partial charge >= 0.3 is 0 Å². The molecule has 0 radical (unpaired) electrons. The molecule has 0 aromatic carbocycles. The smallest absolute Gasteiger partial charge is 0.138 e. The maximum atomic E-state index is 10.0. The van der Waals surface area contributed by atoms with Gasteiger partial charge in [0.15, 0.2) is 0 Å². The first kappa shape index (κ1) is 11.2. The number of aliphatic hydroxyl groups excluding tert-OH is 1. The fourth-order valence-electron chi connectivity index (χ4n) is 1.52. The van der Waals surface area contributed by atoms with Crippen LogP contribution in [0.4, 0.5) is 0 Å². The van der Waals surface area contributed by atoms with Gasteiger partial charge in [0, 0.05) is 19.2 Å². The summed E-state index contributed by atoms with van der Waals surface area (Å²) in [7, 11) is 0. The van der Waals surface area contributed by atoms with Gasteiger partial charge in [-0.2, -0.15) is 5.10 Å². The highest BCUT2D eigenvalue weighted by Crippen LogP contribution is 2.22. The first-order valence-electron chi connectivity index (χ1n) is 5.17. The highest BCUT2D eigenvalue weighted by atomic mass is 32.1. The third-order valence-electron chi connectivity index (χ3n) is 2.34. The van der Waals surface area contributed by atoms with Crippen LogP contribution in [0.5, 0.6) is 0 Å². The first-order valence-corrected chi connectivity index (χ1v) is 5.99. The number of thiazole rings is 1. The standard InChI is InChI=1S/C10H14N4OS/c1-3-14-10(12-6-13-14)4-8(15)9-5-11-7(2)16-9/h5-6,8,15H,3-4H2,1-2H3. The summed E-state index contributed by atoms with van der Waals surface area (Å²) in [6, 6.07) is 0. The zero-order valence-electron chi connectivity index (χ0n) is 9.29. The van der Waals surface area contributed by atoms with Crippen molar-refractivity contribution in [1.82, 2.24) is 19.7 Å². The Labute approximate surface area is 97.8 Å². The van der Waals surface area contributed by atoms with E-state index < -0.39 is 6.10 Å². The zero-order chi connectivity index (χ0) is 11.5. The van der Waals surface area contributed by atoms with E-state index >= 15 is 0 Å². The van der Waals surface area contributed by atoms with Crippen molar-refractivity contribution in [3.8, 4) is 0 Å². The summed E-state index contributed by atoms with van der Waals surface area (Å²) >= 11 is 1.51. The van der Waals surface area contributed by atoms with Gasteiger partial charge in [0.2, 0.25) is 0 Å². The number of hydrogen-bond donors (Lipinski definition) is 1. The largest absolute Gasteiger partial charge is 0.387 e. The molecule has 2 rings (SSSR count). The molecule has 0 amide bonds. The van der Waals surface area contributed by atoms with Crippen molar-refractivity contribution < 1.29 is 5.11 Å². The molecule has 2 heterocycles. The third kappa shape index (κ3) is 2.28. The number of aliphatic hydroxyl groups is 1. The van der Waals surface area contributed by atoms with Gasteiger partial charge in [-0.15, -0.1) is 11.3 Å². The predicted octanol–water partition coefficient (Wildman–Crippen LogP) is 1.34. The van der Waals surface area contributed by atoms with Crippen LogP contribution in [-0.4, -0.2) is 24.9 Å². The van der Waals surface area contributed by atoms with E-state index in [4.69, 9.17) is 0 Å². The molecule has 0 aliphatic rings. The van der Waals surface area contributed by atoms with Crippen LogP contribution in [0.2, 0.25) is 0 Å². The summed E-state index contributed by atoms with van der Waals surface area (Å²) < 4.78 is 1.79. The minimum absolute atomic E-state index is 0.482. The molecule has 1 N–H and O–H groups in total. The van der Waals surface area contributed by atoms with Gasteiger partial charge in [0.05, 0.1) is 16.0 Å². The van der Waals surface area contributed by atoms with Crippen LogP contribution in [0.15, 0.2) is 12.5 Å². The molecule has 5 nitrogen and oxygen atoms in total. The van der Waals surface area contributed by atoms with Gasteiger partial charge in [-0.25, -0.2) is 9.97 Å². The van der Waals surface area contributed by atoms with E-state index in [-0.39, 0.29) is 0 Å². The normalized spacial score (nSPS) is 12.9.